The van der Waals surface area contributed by atoms with Gasteiger partial charge < -0.3 is 10.1 Å². The van der Waals surface area contributed by atoms with Crippen molar-refractivity contribution in [1.29, 1.82) is 0 Å². The molecule has 1 saturated heterocycles. The molecule has 2 fully saturated rings. The minimum absolute atomic E-state index is 0.113. The van der Waals surface area contributed by atoms with Gasteiger partial charge in [0.2, 0.25) is 15.9 Å². The molecule has 8 heteroatoms. The highest BCUT2D eigenvalue weighted by molar-refractivity contribution is 7.89. The van der Waals surface area contributed by atoms with Crippen molar-refractivity contribution < 1.29 is 17.9 Å². The van der Waals surface area contributed by atoms with Gasteiger partial charge in [-0.25, -0.2) is 8.42 Å². The Morgan fingerprint density at radius 2 is 1.73 bits per heavy atom. The molecule has 1 amide bonds. The van der Waals surface area contributed by atoms with Crippen molar-refractivity contribution in [2.75, 3.05) is 39.1 Å². The van der Waals surface area contributed by atoms with E-state index in [1.165, 1.54) is 43.2 Å². The van der Waals surface area contributed by atoms with Gasteiger partial charge in [-0.2, -0.15) is 4.31 Å². The number of nitrogens with zero attached hydrogens (tertiary/aromatic N) is 2. The van der Waals surface area contributed by atoms with Crippen LogP contribution in [-0.4, -0.2) is 63.4 Å². The number of benzene rings is 1. The summed E-state index contributed by atoms with van der Waals surface area (Å²) in [5.74, 6) is 0.169. The van der Waals surface area contributed by atoms with Gasteiger partial charge >= 0.3 is 0 Å². The summed E-state index contributed by atoms with van der Waals surface area (Å²) in [6.45, 7) is 1.34. The number of piperidine rings is 1. The third-order valence-electron chi connectivity index (χ3n) is 6.22. The van der Waals surface area contributed by atoms with E-state index in [0.717, 1.165) is 32.1 Å². The monoisotopic (exact) mass is 437 g/mol. The zero-order chi connectivity index (χ0) is 21.6. The number of sulfonamides is 1. The van der Waals surface area contributed by atoms with Crippen LogP contribution < -0.4 is 10.1 Å². The fourth-order valence-corrected chi connectivity index (χ4v) is 6.15. The maximum Gasteiger partial charge on any atom is 0.246 e. The van der Waals surface area contributed by atoms with Crippen LogP contribution in [0.3, 0.4) is 0 Å². The highest BCUT2D eigenvalue weighted by Crippen LogP contribution is 2.31. The maximum absolute atomic E-state index is 13.1. The Balaban J connectivity index is 1.70. The average molecular weight is 438 g/mol. The summed E-state index contributed by atoms with van der Waals surface area (Å²) < 4.78 is 33.1. The predicted octanol–water partition coefficient (Wildman–Crippen LogP) is 3.46. The van der Waals surface area contributed by atoms with Crippen molar-refractivity contribution in [2.24, 2.45) is 0 Å². The number of methoxy groups -OCH3 is 1. The van der Waals surface area contributed by atoms with Crippen LogP contribution >= 0.6 is 0 Å². The Labute approximate surface area is 180 Å². The van der Waals surface area contributed by atoms with E-state index in [-0.39, 0.29) is 10.8 Å². The second-order valence-corrected chi connectivity index (χ2v) is 10.3. The van der Waals surface area contributed by atoms with Gasteiger partial charge in [0.25, 0.3) is 0 Å². The molecule has 1 saturated carbocycles. The Hall–Kier alpha value is -1.64. The van der Waals surface area contributed by atoms with Gasteiger partial charge in [-0.05, 0) is 50.9 Å². The third-order valence-corrected chi connectivity index (χ3v) is 8.14. The molecule has 3 rings (SSSR count). The molecule has 0 spiro atoms. The van der Waals surface area contributed by atoms with Gasteiger partial charge in [0.1, 0.15) is 10.6 Å². The fourth-order valence-electron chi connectivity index (χ4n) is 4.46. The highest BCUT2D eigenvalue weighted by atomic mass is 32.2. The first-order valence-corrected chi connectivity index (χ1v) is 12.5. The zero-order valence-corrected chi connectivity index (χ0v) is 19.0. The second-order valence-electron chi connectivity index (χ2n) is 8.44. The van der Waals surface area contributed by atoms with Crippen LogP contribution in [0.4, 0.5) is 5.69 Å². The highest BCUT2D eigenvalue weighted by Gasteiger charge is 2.29. The number of likely N-dealkylation sites (N-methyl/N-ethyl adjacent to an activating group) is 1. The quantitative estimate of drug-likeness (QED) is 0.661. The van der Waals surface area contributed by atoms with Crippen LogP contribution in [0.25, 0.3) is 0 Å². The number of amides is 1. The molecule has 0 bridgehead atoms. The van der Waals surface area contributed by atoms with Crippen molar-refractivity contribution >= 4 is 21.6 Å². The van der Waals surface area contributed by atoms with Gasteiger partial charge in [0, 0.05) is 24.8 Å². The van der Waals surface area contributed by atoms with E-state index in [0.29, 0.717) is 37.1 Å². The first-order valence-electron chi connectivity index (χ1n) is 11.1. The Bertz CT molecular complexity index is 814. The van der Waals surface area contributed by atoms with Crippen LogP contribution in [0.5, 0.6) is 5.75 Å². The predicted molar refractivity (Wildman–Crippen MR) is 118 cm³/mol. The number of nitrogens with one attached hydrogen (secondary N) is 1. The Kier molecular flexibility index (Phi) is 8.13. The smallest absolute Gasteiger partial charge is 0.246 e. The Morgan fingerprint density at radius 1 is 1.10 bits per heavy atom. The van der Waals surface area contributed by atoms with Crippen LogP contribution in [-0.2, 0) is 14.8 Å². The average Bonchev–Trinajstić information content (AvgIpc) is 3.04. The minimum Gasteiger partial charge on any atom is -0.495 e. The lowest BCUT2D eigenvalue weighted by Crippen LogP contribution is -2.38. The number of carbonyl (C=O) groups excluding carboxylic acids is 1. The fraction of sp³-hybridized carbons (Fsp3) is 0.682. The second kappa shape index (κ2) is 10.6. The summed E-state index contributed by atoms with van der Waals surface area (Å²) in [6.07, 6.45) is 10.0. The van der Waals surface area contributed by atoms with Crippen molar-refractivity contribution in [3.05, 3.63) is 18.2 Å². The van der Waals surface area contributed by atoms with Crippen molar-refractivity contribution in [2.45, 2.75) is 68.7 Å². The molecule has 1 aromatic rings. The first kappa shape index (κ1) is 23.0. The van der Waals surface area contributed by atoms with Crippen molar-refractivity contribution in [1.82, 2.24) is 9.21 Å². The summed E-state index contributed by atoms with van der Waals surface area (Å²) in [4.78, 5) is 14.9. The summed E-state index contributed by atoms with van der Waals surface area (Å²) in [6, 6.07) is 5.26. The molecule has 30 heavy (non-hydrogen) atoms. The largest absolute Gasteiger partial charge is 0.495 e. The number of carbonyl (C=O) groups is 1. The van der Waals surface area contributed by atoms with E-state index in [2.05, 4.69) is 10.2 Å². The molecular weight excluding hydrogens is 402 g/mol. The molecule has 0 aromatic heterocycles. The van der Waals surface area contributed by atoms with E-state index < -0.39 is 10.0 Å². The number of hydrogen-bond acceptors (Lipinski definition) is 5. The van der Waals surface area contributed by atoms with Gasteiger partial charge in [0.15, 0.2) is 0 Å². The lowest BCUT2D eigenvalue weighted by molar-refractivity contribution is -0.117. The molecule has 1 N–H and O–H groups in total. The first-order chi connectivity index (χ1) is 14.4. The summed E-state index contributed by atoms with van der Waals surface area (Å²) in [5, 5.41) is 2.88. The number of ether oxygens (including phenoxy) is 1. The molecular formula is C22H35N3O4S. The molecule has 1 aliphatic heterocycles. The lowest BCUT2D eigenvalue weighted by atomic mass is 10.1. The van der Waals surface area contributed by atoms with E-state index in [1.807, 2.05) is 7.05 Å². The molecule has 0 radical (unpaired) electrons. The molecule has 168 valence electrons. The SMILES string of the molecule is COc1ccc(NC(=O)CN(C)C2CCCCCC2)cc1S(=O)(=O)N1CCCCC1. The zero-order valence-electron chi connectivity index (χ0n) is 18.2. The van der Waals surface area contributed by atoms with Crippen molar-refractivity contribution in [3.63, 3.8) is 0 Å². The van der Waals surface area contributed by atoms with Crippen LogP contribution in [0, 0.1) is 0 Å². The minimum atomic E-state index is -3.66. The van der Waals surface area contributed by atoms with Gasteiger partial charge in [-0.15, -0.1) is 0 Å². The number of hydrogen-bond donors (Lipinski definition) is 1. The van der Waals surface area contributed by atoms with E-state index in [9.17, 15) is 13.2 Å². The molecule has 1 aliphatic carbocycles. The van der Waals surface area contributed by atoms with E-state index in [4.69, 9.17) is 4.74 Å². The molecule has 1 aromatic carbocycles. The van der Waals surface area contributed by atoms with Crippen molar-refractivity contribution in [3.8, 4) is 5.75 Å². The normalized spacial score (nSPS) is 19.4. The standard InChI is InChI=1S/C22H35N3O4S/c1-24(19-10-6-3-4-7-11-19)17-22(26)23-18-12-13-20(29-2)21(16-18)30(27,28)25-14-8-5-9-15-25/h12-13,16,19H,3-11,14-15,17H2,1-2H3,(H,23,26). The third kappa shape index (κ3) is 5.74. The molecule has 7 nitrogen and oxygen atoms in total. The maximum atomic E-state index is 13.1. The molecule has 2 aliphatic rings. The summed E-state index contributed by atoms with van der Waals surface area (Å²) >= 11 is 0. The van der Waals surface area contributed by atoms with Crippen LogP contribution in [0.15, 0.2) is 23.1 Å². The Morgan fingerprint density at radius 3 is 2.37 bits per heavy atom. The van der Waals surface area contributed by atoms with E-state index in [1.54, 1.807) is 12.1 Å². The molecule has 0 atom stereocenters. The lowest BCUT2D eigenvalue weighted by Gasteiger charge is -2.27. The number of anilines is 1. The molecule has 0 unspecified atom stereocenters. The number of rotatable bonds is 7. The van der Waals surface area contributed by atoms with Crippen LogP contribution in [0.2, 0.25) is 0 Å². The molecule has 1 heterocycles. The van der Waals surface area contributed by atoms with Gasteiger partial charge in [-0.1, -0.05) is 32.1 Å². The van der Waals surface area contributed by atoms with E-state index >= 15 is 0 Å². The summed E-state index contributed by atoms with van der Waals surface area (Å²) in [7, 11) is -0.202. The van der Waals surface area contributed by atoms with Gasteiger partial charge in [0.05, 0.1) is 13.7 Å². The van der Waals surface area contributed by atoms with Crippen LogP contribution in [0.1, 0.15) is 57.8 Å². The summed E-state index contributed by atoms with van der Waals surface area (Å²) in [5.41, 5.74) is 0.477. The topological polar surface area (TPSA) is 79.0 Å². The van der Waals surface area contributed by atoms with Gasteiger partial charge in [-0.3, -0.25) is 9.69 Å².